The van der Waals surface area contributed by atoms with Gasteiger partial charge in [0.15, 0.2) is 0 Å². The van der Waals surface area contributed by atoms with E-state index in [0.29, 0.717) is 0 Å². The van der Waals surface area contributed by atoms with Gasteiger partial charge >= 0.3 is 0 Å². The molecule has 0 spiro atoms. The lowest BCUT2D eigenvalue weighted by molar-refractivity contribution is 1.27. The monoisotopic (exact) mass is 462 g/mol. The fourth-order valence-electron chi connectivity index (χ4n) is 5.81. The summed E-state index contributed by atoms with van der Waals surface area (Å²) in [5, 5.41) is 6.26. The fourth-order valence-corrected chi connectivity index (χ4v) is 11.6. The van der Waals surface area contributed by atoms with Crippen molar-refractivity contribution in [2.45, 2.75) is 46.5 Å². The second-order valence-electron chi connectivity index (χ2n) is 10.8. The maximum absolute atomic E-state index is 2.52. The highest BCUT2D eigenvalue weighted by atomic mass is 28.3. The first-order valence-corrected chi connectivity index (χ1v) is 18.1. The molecule has 0 heterocycles. The van der Waals surface area contributed by atoms with E-state index in [-0.39, 0.29) is 0 Å². The van der Waals surface area contributed by atoms with Gasteiger partial charge in [0.2, 0.25) is 0 Å². The van der Waals surface area contributed by atoms with E-state index in [4.69, 9.17) is 0 Å². The molecule has 5 rings (SSSR count). The van der Waals surface area contributed by atoms with Crippen molar-refractivity contribution < 1.29 is 0 Å². The number of fused-ring (bicyclic) bond motifs is 3. The molecule has 0 nitrogen and oxygen atoms in total. The van der Waals surface area contributed by atoms with Crippen molar-refractivity contribution in [1.82, 2.24) is 0 Å². The molecule has 4 aromatic carbocycles. The zero-order chi connectivity index (χ0) is 23.4. The van der Waals surface area contributed by atoms with Crippen molar-refractivity contribution in [1.29, 1.82) is 0 Å². The van der Waals surface area contributed by atoms with Gasteiger partial charge in [-0.2, -0.15) is 0 Å². The van der Waals surface area contributed by atoms with Gasteiger partial charge in [0.25, 0.3) is 0 Å². The van der Waals surface area contributed by atoms with E-state index in [1.54, 1.807) is 21.5 Å². The maximum Gasteiger partial charge on any atom is 0.112 e. The Labute approximate surface area is 201 Å². The first kappa shape index (κ1) is 22.1. The largest absolute Gasteiger partial charge is 0.112 e. The molecular weight excluding hydrogens is 429 g/mol. The van der Waals surface area contributed by atoms with Crippen LogP contribution in [0, 0.1) is 13.8 Å². The fraction of sp³-hybridized carbons (Fsp3) is 0.226. The number of rotatable bonds is 4. The van der Waals surface area contributed by atoms with Crippen molar-refractivity contribution in [3.63, 3.8) is 0 Å². The number of hydrogen-bond donors (Lipinski definition) is 0. The van der Waals surface area contributed by atoms with Gasteiger partial charge in [-0.1, -0.05) is 143 Å². The molecule has 0 saturated carbocycles. The summed E-state index contributed by atoms with van der Waals surface area (Å²) in [6.07, 6.45) is 1.07. The average Bonchev–Trinajstić information content (AvgIpc) is 3.17. The number of aryl methyl sites for hydroxylation is 2. The van der Waals surface area contributed by atoms with Crippen LogP contribution in [0.1, 0.15) is 22.3 Å². The van der Waals surface area contributed by atoms with Gasteiger partial charge in [0, 0.05) is 0 Å². The molecule has 1 aliphatic rings. The minimum Gasteiger partial charge on any atom is -0.0626 e. The van der Waals surface area contributed by atoms with Gasteiger partial charge in [0.05, 0.1) is 0 Å². The van der Waals surface area contributed by atoms with Crippen LogP contribution in [0.25, 0.3) is 11.1 Å². The molecule has 0 saturated heterocycles. The van der Waals surface area contributed by atoms with Crippen LogP contribution in [0.2, 0.25) is 26.2 Å². The third kappa shape index (κ3) is 3.66. The lowest BCUT2D eigenvalue weighted by Gasteiger charge is -2.28. The number of benzene rings is 4. The van der Waals surface area contributed by atoms with Crippen LogP contribution in [0.3, 0.4) is 0 Å². The van der Waals surface area contributed by atoms with Crippen LogP contribution in [0.4, 0.5) is 0 Å². The first-order chi connectivity index (χ1) is 15.7. The van der Waals surface area contributed by atoms with Gasteiger partial charge in [-0.05, 0) is 42.5 Å². The van der Waals surface area contributed by atoms with Crippen LogP contribution in [-0.2, 0) is 6.42 Å². The Morgan fingerprint density at radius 2 is 0.879 bits per heavy atom. The molecule has 0 atom stereocenters. The van der Waals surface area contributed by atoms with E-state index >= 15 is 0 Å². The van der Waals surface area contributed by atoms with E-state index < -0.39 is 16.1 Å². The summed E-state index contributed by atoms with van der Waals surface area (Å²) in [4.78, 5) is 0. The van der Waals surface area contributed by atoms with Crippen molar-refractivity contribution >= 4 is 36.9 Å². The predicted molar refractivity (Wildman–Crippen MR) is 151 cm³/mol. The summed E-state index contributed by atoms with van der Waals surface area (Å²) in [5.74, 6) is 0. The summed E-state index contributed by atoms with van der Waals surface area (Å²) in [6, 6.07) is 32.3. The Bertz CT molecular complexity index is 1230. The van der Waals surface area contributed by atoms with E-state index in [1.165, 1.54) is 32.6 Å². The van der Waals surface area contributed by atoms with E-state index in [0.717, 1.165) is 6.42 Å². The summed E-state index contributed by atoms with van der Waals surface area (Å²) < 4.78 is 0. The Kier molecular flexibility index (Phi) is 5.34. The molecule has 0 radical (unpaired) electrons. The molecule has 0 fully saturated rings. The molecule has 0 aliphatic heterocycles. The molecule has 4 aromatic rings. The minimum absolute atomic E-state index is 1.07. The molecule has 1 aliphatic carbocycles. The lowest BCUT2D eigenvalue weighted by Crippen LogP contribution is -2.55. The Hall–Kier alpha value is -2.69. The van der Waals surface area contributed by atoms with E-state index in [9.17, 15) is 0 Å². The van der Waals surface area contributed by atoms with Gasteiger partial charge in [-0.3, -0.25) is 0 Å². The Balaban J connectivity index is 1.71. The van der Waals surface area contributed by atoms with E-state index in [1.807, 2.05) is 0 Å². The molecule has 33 heavy (non-hydrogen) atoms. The lowest BCUT2D eigenvalue weighted by atomic mass is 10.0. The first-order valence-electron chi connectivity index (χ1n) is 12.1. The highest BCUT2D eigenvalue weighted by Crippen LogP contribution is 2.38. The van der Waals surface area contributed by atoms with Gasteiger partial charge in [-0.15, -0.1) is 0 Å². The van der Waals surface area contributed by atoms with Gasteiger partial charge in [-0.25, -0.2) is 0 Å². The standard InChI is InChI=1S/C31H34Si2/c1-22-17-26-27-18-23(2)20-31(33(5,6)25-15-11-8-12-16-25)29(27)21-28(26)30(19-22)32(3,4)24-13-9-7-10-14-24/h7-20H,21H2,1-6H3. The van der Waals surface area contributed by atoms with Crippen LogP contribution in [0.15, 0.2) is 84.9 Å². The molecular formula is C31H34Si2. The molecule has 0 amide bonds. The molecule has 0 aromatic heterocycles. The Morgan fingerprint density at radius 1 is 0.515 bits per heavy atom. The molecule has 2 heteroatoms. The Morgan fingerprint density at radius 3 is 1.24 bits per heavy atom. The van der Waals surface area contributed by atoms with Gasteiger partial charge in [0.1, 0.15) is 16.1 Å². The smallest absolute Gasteiger partial charge is 0.0626 e. The van der Waals surface area contributed by atoms with Crippen LogP contribution in [-0.4, -0.2) is 16.1 Å². The summed E-state index contributed by atoms with van der Waals surface area (Å²) in [5.41, 5.74) is 8.91. The van der Waals surface area contributed by atoms with E-state index in [2.05, 4.69) is 125 Å². The highest BCUT2D eigenvalue weighted by Gasteiger charge is 2.36. The summed E-state index contributed by atoms with van der Waals surface area (Å²) in [6.45, 7) is 14.6. The minimum atomic E-state index is -1.81. The maximum atomic E-state index is 2.52. The van der Waals surface area contributed by atoms with Crippen molar-refractivity contribution in [2.24, 2.45) is 0 Å². The third-order valence-corrected chi connectivity index (χ3v) is 14.9. The third-order valence-electron chi connectivity index (χ3n) is 7.77. The normalized spacial score (nSPS) is 13.0. The average molecular weight is 463 g/mol. The second-order valence-corrected chi connectivity index (χ2v) is 19.6. The zero-order valence-corrected chi connectivity index (χ0v) is 22.8. The summed E-state index contributed by atoms with van der Waals surface area (Å²) >= 11 is 0. The van der Waals surface area contributed by atoms with Crippen LogP contribution >= 0.6 is 0 Å². The molecule has 0 N–H and O–H groups in total. The van der Waals surface area contributed by atoms with Gasteiger partial charge < -0.3 is 0 Å². The van der Waals surface area contributed by atoms with Crippen molar-refractivity contribution in [3.05, 3.63) is 107 Å². The van der Waals surface area contributed by atoms with Crippen LogP contribution < -0.4 is 20.7 Å². The van der Waals surface area contributed by atoms with Crippen molar-refractivity contribution in [3.8, 4) is 11.1 Å². The zero-order valence-electron chi connectivity index (χ0n) is 20.8. The van der Waals surface area contributed by atoms with Crippen LogP contribution in [0.5, 0.6) is 0 Å². The number of hydrogen-bond acceptors (Lipinski definition) is 0. The second kappa shape index (κ2) is 7.97. The molecule has 166 valence electrons. The molecule has 0 unspecified atom stereocenters. The van der Waals surface area contributed by atoms with Crippen molar-refractivity contribution in [2.75, 3.05) is 0 Å². The molecule has 0 bridgehead atoms. The highest BCUT2D eigenvalue weighted by molar-refractivity contribution is 7.01. The predicted octanol–water partition coefficient (Wildman–Crippen LogP) is 5.52. The SMILES string of the molecule is Cc1cc2c(c([Si](C)(C)c3ccccc3)c1)Cc1c-2cc(C)cc1[Si](C)(C)c1ccccc1. The topological polar surface area (TPSA) is 0 Å². The summed E-state index contributed by atoms with van der Waals surface area (Å²) in [7, 11) is -3.62. The quantitative estimate of drug-likeness (QED) is 0.309.